The smallest absolute Gasteiger partial charge is 0.241 e. The molecule has 3 N–H and O–H groups in total. The molecule has 1 aliphatic carbocycles. The van der Waals surface area contributed by atoms with Gasteiger partial charge >= 0.3 is 0 Å². The quantitative estimate of drug-likeness (QED) is 0.775. The second-order valence-electron chi connectivity index (χ2n) is 5.69. The van der Waals surface area contributed by atoms with Crippen LogP contribution in [-0.4, -0.2) is 18.9 Å². The zero-order valence-electron chi connectivity index (χ0n) is 11.8. The third kappa shape index (κ3) is 3.83. The molecule has 21 heavy (non-hydrogen) atoms. The van der Waals surface area contributed by atoms with E-state index in [2.05, 4.69) is 27.6 Å². The summed E-state index contributed by atoms with van der Waals surface area (Å²) in [6, 6.07) is 6.60. The van der Waals surface area contributed by atoms with Crippen molar-refractivity contribution in [2.75, 3.05) is 0 Å². The average molecular weight is 391 g/mol. The molecule has 0 aromatic heterocycles. The van der Waals surface area contributed by atoms with Crippen molar-refractivity contribution in [2.45, 2.75) is 43.0 Å². The van der Waals surface area contributed by atoms with Crippen molar-refractivity contribution in [1.29, 1.82) is 0 Å². The molecule has 0 aliphatic heterocycles. The highest BCUT2D eigenvalue weighted by atomic mass is 79.9. The Morgan fingerprint density at radius 3 is 2.57 bits per heavy atom. The molecule has 0 radical (unpaired) electrons. The lowest BCUT2D eigenvalue weighted by Gasteiger charge is -2.38. The van der Waals surface area contributed by atoms with E-state index in [1.165, 1.54) is 0 Å². The molecule has 0 bridgehead atoms. The molecule has 7 heteroatoms. The molecule has 0 atom stereocenters. The van der Waals surface area contributed by atoms with Crippen LogP contribution in [0.15, 0.2) is 33.6 Å². The topological polar surface area (TPSA) is 72.2 Å². The van der Waals surface area contributed by atoms with Crippen molar-refractivity contribution in [2.24, 2.45) is 11.7 Å². The Bertz CT molecular complexity index is 638. The molecule has 116 valence electrons. The summed E-state index contributed by atoms with van der Waals surface area (Å²) in [6.45, 7) is 2.16. The van der Waals surface area contributed by atoms with Crippen LogP contribution in [0, 0.1) is 5.92 Å². The van der Waals surface area contributed by atoms with Gasteiger partial charge in [-0.3, -0.25) is 0 Å². The summed E-state index contributed by atoms with van der Waals surface area (Å²) >= 11 is 8.44. The van der Waals surface area contributed by atoms with E-state index < -0.39 is 15.6 Å². The zero-order chi connectivity index (χ0) is 15.7. The van der Waals surface area contributed by atoms with E-state index in [0.717, 1.165) is 12.8 Å². The second-order valence-corrected chi connectivity index (χ2v) is 8.73. The highest BCUT2D eigenvalue weighted by Gasteiger charge is 2.40. The largest absolute Gasteiger partial charge is 0.392 e. The number of halogens is 1. The van der Waals surface area contributed by atoms with Crippen LogP contribution in [0.2, 0.25) is 0 Å². The van der Waals surface area contributed by atoms with Gasteiger partial charge in [0.05, 0.1) is 15.4 Å². The summed E-state index contributed by atoms with van der Waals surface area (Å²) in [5.74, 6) is 0.572. The fourth-order valence-electron chi connectivity index (χ4n) is 2.60. The Labute approximate surface area is 139 Å². The lowest BCUT2D eigenvalue weighted by molar-refractivity contribution is 0.289. The minimum absolute atomic E-state index is 0.214. The van der Waals surface area contributed by atoms with Crippen LogP contribution in [0.5, 0.6) is 0 Å². The fraction of sp³-hybridized carbons (Fsp3) is 0.500. The molecule has 1 aliphatic rings. The van der Waals surface area contributed by atoms with Crippen molar-refractivity contribution < 1.29 is 8.42 Å². The Morgan fingerprint density at radius 1 is 1.43 bits per heavy atom. The van der Waals surface area contributed by atoms with E-state index in [1.54, 1.807) is 24.3 Å². The highest BCUT2D eigenvalue weighted by molar-refractivity contribution is 9.10. The number of sulfonamides is 1. The van der Waals surface area contributed by atoms with Crippen molar-refractivity contribution in [1.82, 2.24) is 4.72 Å². The van der Waals surface area contributed by atoms with Gasteiger partial charge in [-0.05, 0) is 49.8 Å². The number of nitrogens with two attached hydrogens (primary N) is 1. The summed E-state index contributed by atoms with van der Waals surface area (Å²) in [7, 11) is -3.65. The van der Waals surface area contributed by atoms with Crippen LogP contribution >= 0.6 is 28.1 Å². The van der Waals surface area contributed by atoms with E-state index in [4.69, 9.17) is 18.0 Å². The minimum atomic E-state index is -3.65. The Hall–Kier alpha value is -0.500. The van der Waals surface area contributed by atoms with Crippen LogP contribution in [-0.2, 0) is 10.0 Å². The maximum atomic E-state index is 12.6. The summed E-state index contributed by atoms with van der Waals surface area (Å²) in [5, 5.41) is 0. The van der Waals surface area contributed by atoms with Crippen LogP contribution < -0.4 is 10.5 Å². The molecule has 4 nitrogen and oxygen atoms in total. The summed E-state index contributed by atoms with van der Waals surface area (Å²) in [6.07, 6.45) is 3.13. The molecule has 1 saturated carbocycles. The van der Waals surface area contributed by atoms with E-state index >= 15 is 0 Å². The normalized spacial score (nSPS) is 26.5. The molecule has 1 fully saturated rings. The standard InChI is InChI=1S/C14H19BrN2O2S2/c1-10-5-7-14(8-6-10,13(16)20)17-21(18,19)12-4-2-3-11(15)9-12/h2-4,9-10,17H,5-8H2,1H3,(H2,16,20). The molecule has 0 spiro atoms. The molecule has 0 saturated heterocycles. The number of hydrogen-bond acceptors (Lipinski definition) is 3. The Morgan fingerprint density at radius 2 is 2.05 bits per heavy atom. The molecule has 0 heterocycles. The maximum absolute atomic E-state index is 12.6. The fourth-order valence-corrected chi connectivity index (χ4v) is 4.96. The van der Waals surface area contributed by atoms with Gasteiger partial charge in [0.1, 0.15) is 0 Å². The van der Waals surface area contributed by atoms with Gasteiger partial charge in [0, 0.05) is 4.47 Å². The predicted molar refractivity (Wildman–Crippen MR) is 91.6 cm³/mol. The number of nitrogens with one attached hydrogen (secondary N) is 1. The van der Waals surface area contributed by atoms with Gasteiger partial charge in [-0.2, -0.15) is 4.72 Å². The Kier molecular flexibility index (Phi) is 5.07. The molecule has 1 aromatic carbocycles. The van der Waals surface area contributed by atoms with E-state index in [9.17, 15) is 8.42 Å². The molecule has 1 aromatic rings. The lowest BCUT2D eigenvalue weighted by Crippen LogP contribution is -2.58. The third-order valence-electron chi connectivity index (χ3n) is 4.04. The number of hydrogen-bond donors (Lipinski definition) is 2. The van der Waals surface area contributed by atoms with E-state index in [1.807, 2.05) is 0 Å². The maximum Gasteiger partial charge on any atom is 0.241 e. The van der Waals surface area contributed by atoms with Gasteiger partial charge < -0.3 is 5.73 Å². The van der Waals surface area contributed by atoms with Crippen molar-refractivity contribution in [3.8, 4) is 0 Å². The van der Waals surface area contributed by atoms with E-state index in [-0.39, 0.29) is 9.88 Å². The summed E-state index contributed by atoms with van der Waals surface area (Å²) in [4.78, 5) is 0.444. The Balaban J connectivity index is 2.30. The molecular formula is C14H19BrN2O2S2. The average Bonchev–Trinajstić information content (AvgIpc) is 2.41. The lowest BCUT2D eigenvalue weighted by atomic mass is 9.78. The first kappa shape index (κ1) is 16.9. The van der Waals surface area contributed by atoms with E-state index in [0.29, 0.717) is 23.2 Å². The molecule has 0 amide bonds. The number of rotatable bonds is 4. The SMILES string of the molecule is CC1CCC(NS(=O)(=O)c2cccc(Br)c2)(C(N)=S)CC1. The monoisotopic (exact) mass is 390 g/mol. The van der Waals surface area contributed by atoms with Gasteiger partial charge in [0.25, 0.3) is 0 Å². The molecule has 0 unspecified atom stereocenters. The van der Waals surface area contributed by atoms with Crippen molar-refractivity contribution >= 4 is 43.2 Å². The van der Waals surface area contributed by atoms with Crippen LogP contribution in [0.3, 0.4) is 0 Å². The molecular weight excluding hydrogens is 372 g/mol. The zero-order valence-corrected chi connectivity index (χ0v) is 15.0. The third-order valence-corrected chi connectivity index (χ3v) is 6.45. The van der Waals surface area contributed by atoms with Crippen molar-refractivity contribution in [3.63, 3.8) is 0 Å². The second kappa shape index (κ2) is 6.32. The predicted octanol–water partition coefficient (Wildman–Crippen LogP) is 2.96. The van der Waals surface area contributed by atoms with Crippen LogP contribution in [0.4, 0.5) is 0 Å². The van der Waals surface area contributed by atoms with Gasteiger partial charge in [-0.15, -0.1) is 0 Å². The molecule has 2 rings (SSSR count). The first-order valence-electron chi connectivity index (χ1n) is 6.85. The first-order chi connectivity index (χ1) is 9.75. The summed E-state index contributed by atoms with van der Waals surface area (Å²) < 4.78 is 28.7. The summed E-state index contributed by atoms with van der Waals surface area (Å²) in [5.41, 5.74) is 5.06. The van der Waals surface area contributed by atoms with Gasteiger partial charge in [0.2, 0.25) is 10.0 Å². The van der Waals surface area contributed by atoms with Crippen LogP contribution in [0.1, 0.15) is 32.6 Å². The number of benzene rings is 1. The van der Waals surface area contributed by atoms with Gasteiger partial charge in [0.15, 0.2) is 0 Å². The van der Waals surface area contributed by atoms with Crippen molar-refractivity contribution in [3.05, 3.63) is 28.7 Å². The van der Waals surface area contributed by atoms with Crippen LogP contribution in [0.25, 0.3) is 0 Å². The van der Waals surface area contributed by atoms with Gasteiger partial charge in [-0.1, -0.05) is 41.1 Å². The first-order valence-corrected chi connectivity index (χ1v) is 9.53. The minimum Gasteiger partial charge on any atom is -0.392 e. The highest BCUT2D eigenvalue weighted by Crippen LogP contribution is 2.33. The van der Waals surface area contributed by atoms with Gasteiger partial charge in [-0.25, -0.2) is 8.42 Å². The number of thiocarbonyl (C=S) groups is 1.